The van der Waals surface area contributed by atoms with Crippen molar-refractivity contribution in [2.24, 2.45) is 0 Å². The Morgan fingerprint density at radius 3 is 2.79 bits per heavy atom. The van der Waals surface area contributed by atoms with Gasteiger partial charge in [0.1, 0.15) is 11.8 Å². The van der Waals surface area contributed by atoms with Crippen molar-refractivity contribution in [1.82, 2.24) is 26.2 Å². The molecule has 34 heavy (non-hydrogen) atoms. The maximum Gasteiger partial charge on any atom is 0.315 e. The Balaban J connectivity index is 1.55. The predicted molar refractivity (Wildman–Crippen MR) is 126 cm³/mol. The molecule has 10 heteroatoms. The quantitative estimate of drug-likeness (QED) is 0.500. The highest BCUT2D eigenvalue weighted by molar-refractivity contribution is 6.00. The van der Waals surface area contributed by atoms with E-state index in [4.69, 9.17) is 9.47 Å². The molecule has 2 bridgehead atoms. The molecule has 186 valence electrons. The van der Waals surface area contributed by atoms with Gasteiger partial charge in [0.15, 0.2) is 0 Å². The number of ether oxygens (including phenoxy) is 2. The number of urea groups is 1. The lowest BCUT2D eigenvalue weighted by Crippen LogP contribution is -2.61. The predicted octanol–water partition coefficient (Wildman–Crippen LogP) is 0.623. The lowest BCUT2D eigenvalue weighted by atomic mass is 9.96. The topological polar surface area (TPSA) is 121 Å². The van der Waals surface area contributed by atoms with Gasteiger partial charge < -0.3 is 35.6 Å². The van der Waals surface area contributed by atoms with Gasteiger partial charge in [0.05, 0.1) is 30.4 Å². The summed E-state index contributed by atoms with van der Waals surface area (Å²) in [6.07, 6.45) is 1.71. The number of hydrogen-bond donors (Lipinski definition) is 4. The van der Waals surface area contributed by atoms with Crippen molar-refractivity contribution in [2.45, 2.75) is 63.4 Å². The molecule has 0 unspecified atom stereocenters. The summed E-state index contributed by atoms with van der Waals surface area (Å²) in [4.78, 5) is 40.5. The third kappa shape index (κ3) is 5.79. The second kappa shape index (κ2) is 11.1. The summed E-state index contributed by atoms with van der Waals surface area (Å²) >= 11 is 0. The number of fused-ring (bicyclic) bond motifs is 4. The smallest absolute Gasteiger partial charge is 0.315 e. The fraction of sp³-hybridized carbons (Fsp3) is 0.625. The number of nitrogens with one attached hydrogen (secondary N) is 4. The van der Waals surface area contributed by atoms with E-state index in [-0.39, 0.29) is 48.7 Å². The lowest BCUT2D eigenvalue weighted by molar-refractivity contribution is -0.128. The molecule has 3 heterocycles. The fourth-order valence-electron chi connectivity index (χ4n) is 4.73. The summed E-state index contributed by atoms with van der Waals surface area (Å²) in [7, 11) is 0. The largest absolute Gasteiger partial charge is 0.493 e. The number of hydrogen-bond acceptors (Lipinski definition) is 6. The van der Waals surface area contributed by atoms with Crippen LogP contribution in [0.15, 0.2) is 24.3 Å². The Morgan fingerprint density at radius 1 is 1.15 bits per heavy atom. The van der Waals surface area contributed by atoms with E-state index in [1.165, 1.54) is 0 Å². The van der Waals surface area contributed by atoms with E-state index in [1.54, 1.807) is 23.1 Å². The van der Waals surface area contributed by atoms with E-state index in [1.807, 2.05) is 19.9 Å². The number of rotatable bonds is 2. The molecule has 0 saturated carbocycles. The van der Waals surface area contributed by atoms with Crippen LogP contribution in [0, 0.1) is 0 Å². The third-order valence-corrected chi connectivity index (χ3v) is 6.45. The molecule has 10 nitrogen and oxygen atoms in total. The highest BCUT2D eigenvalue weighted by Crippen LogP contribution is 2.25. The van der Waals surface area contributed by atoms with Crippen molar-refractivity contribution >= 4 is 17.8 Å². The Kier molecular flexibility index (Phi) is 7.89. The molecule has 2 fully saturated rings. The van der Waals surface area contributed by atoms with Crippen LogP contribution in [-0.4, -0.2) is 85.9 Å². The molecular formula is C24H35N5O5. The Bertz CT molecular complexity index is 894. The molecule has 0 radical (unpaired) electrons. The van der Waals surface area contributed by atoms with Crippen molar-refractivity contribution in [2.75, 3.05) is 32.8 Å². The Morgan fingerprint density at radius 2 is 1.97 bits per heavy atom. The van der Waals surface area contributed by atoms with Crippen LogP contribution in [0.3, 0.4) is 0 Å². The summed E-state index contributed by atoms with van der Waals surface area (Å²) in [5, 5.41) is 12.0. The van der Waals surface area contributed by atoms with Gasteiger partial charge in [-0.1, -0.05) is 12.1 Å². The molecule has 1 aromatic rings. The Hall–Kier alpha value is -2.85. The zero-order chi connectivity index (χ0) is 24.1. The zero-order valence-electron chi connectivity index (χ0n) is 19.8. The van der Waals surface area contributed by atoms with Crippen molar-refractivity contribution in [3.05, 3.63) is 29.8 Å². The molecule has 0 aliphatic carbocycles. The molecular weight excluding hydrogens is 438 g/mol. The Labute approximate surface area is 200 Å². The monoisotopic (exact) mass is 473 g/mol. The third-order valence-electron chi connectivity index (χ3n) is 6.45. The highest BCUT2D eigenvalue weighted by Gasteiger charge is 2.37. The van der Waals surface area contributed by atoms with Gasteiger partial charge in [-0.05, 0) is 38.8 Å². The molecule has 4 N–H and O–H groups in total. The average molecular weight is 474 g/mol. The summed E-state index contributed by atoms with van der Waals surface area (Å²) < 4.78 is 12.3. The van der Waals surface area contributed by atoms with Crippen LogP contribution in [0.25, 0.3) is 0 Å². The molecule has 4 amide bonds. The number of benzene rings is 1. The minimum absolute atomic E-state index is 0.0169. The van der Waals surface area contributed by atoms with E-state index in [0.717, 1.165) is 12.8 Å². The maximum atomic E-state index is 13.4. The van der Waals surface area contributed by atoms with Crippen LogP contribution >= 0.6 is 0 Å². The van der Waals surface area contributed by atoms with Crippen LogP contribution in [0.1, 0.15) is 43.5 Å². The first kappa shape index (κ1) is 24.3. The van der Waals surface area contributed by atoms with Crippen LogP contribution in [0.5, 0.6) is 5.75 Å². The number of carbonyl (C=O) groups is 3. The minimum Gasteiger partial charge on any atom is -0.493 e. The first-order valence-corrected chi connectivity index (χ1v) is 12.2. The minimum atomic E-state index is -0.646. The fourth-order valence-corrected chi connectivity index (χ4v) is 4.73. The number of carbonyl (C=O) groups excluding carboxylic acids is 3. The SMILES string of the molecule is CC(C)NC(=O)N[C@@H]1CC[C@H]2CCOc3ccccc3C(=O)N3CCNC[C@H]3C(=O)NC[C@H]1O2. The molecule has 4 rings (SSSR count). The van der Waals surface area contributed by atoms with Gasteiger partial charge in [0.25, 0.3) is 5.91 Å². The molecule has 4 atom stereocenters. The first-order chi connectivity index (χ1) is 16.4. The van der Waals surface area contributed by atoms with Gasteiger partial charge in [0, 0.05) is 38.6 Å². The number of nitrogens with zero attached hydrogens (tertiary/aromatic N) is 1. The molecule has 2 saturated heterocycles. The van der Waals surface area contributed by atoms with Crippen LogP contribution in [-0.2, 0) is 9.53 Å². The number of piperazine rings is 1. The molecule has 1 aromatic carbocycles. The second-order valence-corrected chi connectivity index (χ2v) is 9.35. The average Bonchev–Trinajstić information content (AvgIpc) is 2.82. The summed E-state index contributed by atoms with van der Waals surface area (Å²) in [6, 6.07) is 6.06. The van der Waals surface area contributed by atoms with Gasteiger partial charge in [0.2, 0.25) is 5.91 Å². The second-order valence-electron chi connectivity index (χ2n) is 9.35. The summed E-state index contributed by atoms with van der Waals surface area (Å²) in [5.41, 5.74) is 0.460. The van der Waals surface area contributed by atoms with E-state index >= 15 is 0 Å². The van der Waals surface area contributed by atoms with Crippen molar-refractivity contribution in [1.29, 1.82) is 0 Å². The lowest BCUT2D eigenvalue weighted by Gasteiger charge is -2.39. The number of para-hydroxylation sites is 1. The van der Waals surface area contributed by atoms with Gasteiger partial charge in [-0.15, -0.1) is 0 Å². The van der Waals surface area contributed by atoms with Crippen LogP contribution in [0.4, 0.5) is 4.79 Å². The summed E-state index contributed by atoms with van der Waals surface area (Å²) in [6.45, 7) is 5.86. The van der Waals surface area contributed by atoms with E-state index < -0.39 is 6.04 Å². The van der Waals surface area contributed by atoms with Crippen molar-refractivity contribution in [3.63, 3.8) is 0 Å². The number of amides is 4. The van der Waals surface area contributed by atoms with Gasteiger partial charge >= 0.3 is 6.03 Å². The highest BCUT2D eigenvalue weighted by atomic mass is 16.5. The van der Waals surface area contributed by atoms with E-state index in [0.29, 0.717) is 44.0 Å². The van der Waals surface area contributed by atoms with E-state index in [2.05, 4.69) is 21.3 Å². The van der Waals surface area contributed by atoms with Crippen molar-refractivity contribution in [3.8, 4) is 5.75 Å². The van der Waals surface area contributed by atoms with Gasteiger partial charge in [-0.25, -0.2) is 4.79 Å². The molecule has 0 spiro atoms. The summed E-state index contributed by atoms with van der Waals surface area (Å²) in [5.74, 6) is 0.0577. The van der Waals surface area contributed by atoms with E-state index in [9.17, 15) is 14.4 Å². The van der Waals surface area contributed by atoms with Crippen molar-refractivity contribution < 1.29 is 23.9 Å². The zero-order valence-corrected chi connectivity index (χ0v) is 19.8. The van der Waals surface area contributed by atoms with Crippen LogP contribution < -0.4 is 26.0 Å². The molecule has 0 aromatic heterocycles. The first-order valence-electron chi connectivity index (χ1n) is 12.2. The van der Waals surface area contributed by atoms with Gasteiger partial charge in [-0.2, -0.15) is 0 Å². The molecule has 3 aliphatic heterocycles. The normalized spacial score (nSPS) is 28.0. The maximum absolute atomic E-state index is 13.4. The van der Waals surface area contributed by atoms with Gasteiger partial charge in [-0.3, -0.25) is 9.59 Å². The molecule has 3 aliphatic rings. The standard InChI is InChI=1S/C24H35N5O5/c1-15(2)27-24(32)28-18-8-7-16-9-12-33-20-6-4-3-5-17(20)23(31)29-11-10-25-13-19(29)22(30)26-14-21(18)34-16/h3-6,15-16,18-19,21,25H,7-14H2,1-2H3,(H,26,30)(H2,27,28,32)/t16-,18+,19-,21+/m0/s1. The van der Waals surface area contributed by atoms with Crippen LogP contribution in [0.2, 0.25) is 0 Å².